The van der Waals surface area contributed by atoms with E-state index >= 15 is 0 Å². The molecule has 0 N–H and O–H groups in total. The van der Waals surface area contributed by atoms with Crippen molar-refractivity contribution in [1.82, 2.24) is 0 Å². The Balaban J connectivity index is 1.57. The molecular weight excluding hydrogens is 276 g/mol. The molecule has 0 spiro atoms. The van der Waals surface area contributed by atoms with E-state index in [1.54, 1.807) is 0 Å². The van der Waals surface area contributed by atoms with Gasteiger partial charge in [0.1, 0.15) is 24.2 Å². The fourth-order valence-electron chi connectivity index (χ4n) is 2.18. The number of unbranched alkanes of at least 4 members (excludes halogenated alkanes) is 1. The summed E-state index contributed by atoms with van der Waals surface area (Å²) >= 11 is 0. The second-order valence-corrected chi connectivity index (χ2v) is 5.52. The number of epoxide rings is 1. The molecule has 1 aliphatic rings. The van der Waals surface area contributed by atoms with Gasteiger partial charge in [-0.15, -0.1) is 0 Å². The summed E-state index contributed by atoms with van der Waals surface area (Å²) in [7, 11) is 0. The highest BCUT2D eigenvalue weighted by molar-refractivity contribution is 5.64. The summed E-state index contributed by atoms with van der Waals surface area (Å²) in [4.78, 5) is 0. The predicted octanol–water partition coefficient (Wildman–Crippen LogP) is 4.31. The Hall–Kier alpha value is -2.00. The highest BCUT2D eigenvalue weighted by Crippen LogP contribution is 2.25. The van der Waals surface area contributed by atoms with Crippen molar-refractivity contribution < 1.29 is 14.2 Å². The molecule has 2 aromatic rings. The highest BCUT2D eigenvalue weighted by atomic mass is 16.6. The van der Waals surface area contributed by atoms with Gasteiger partial charge in [-0.2, -0.15) is 0 Å². The molecule has 3 rings (SSSR count). The number of hydrogen-bond acceptors (Lipinski definition) is 3. The Morgan fingerprint density at radius 1 is 0.909 bits per heavy atom. The lowest BCUT2D eigenvalue weighted by atomic mass is 10.1. The number of ether oxygens (including phenoxy) is 3. The molecule has 1 unspecified atom stereocenters. The van der Waals surface area contributed by atoms with E-state index < -0.39 is 0 Å². The van der Waals surface area contributed by atoms with Crippen LogP contribution in [0, 0.1) is 0 Å². The Labute approximate surface area is 131 Å². The van der Waals surface area contributed by atoms with Crippen LogP contribution in [0.3, 0.4) is 0 Å². The zero-order valence-electron chi connectivity index (χ0n) is 13.0. The monoisotopic (exact) mass is 298 g/mol. The van der Waals surface area contributed by atoms with Crippen LogP contribution in [-0.4, -0.2) is 25.9 Å². The number of rotatable bonds is 8. The van der Waals surface area contributed by atoms with Crippen LogP contribution in [0.15, 0.2) is 48.5 Å². The van der Waals surface area contributed by atoms with E-state index in [2.05, 4.69) is 31.2 Å². The first-order valence-electron chi connectivity index (χ1n) is 7.93. The third-order valence-corrected chi connectivity index (χ3v) is 3.65. The first-order chi connectivity index (χ1) is 10.8. The maximum Gasteiger partial charge on any atom is 0.119 e. The second kappa shape index (κ2) is 7.32. The van der Waals surface area contributed by atoms with E-state index in [1.807, 2.05) is 24.3 Å². The fourth-order valence-corrected chi connectivity index (χ4v) is 2.18. The van der Waals surface area contributed by atoms with Gasteiger partial charge in [0.15, 0.2) is 0 Å². The summed E-state index contributed by atoms with van der Waals surface area (Å²) in [5.74, 6) is 1.82. The molecule has 0 radical (unpaired) electrons. The van der Waals surface area contributed by atoms with Crippen LogP contribution in [0.5, 0.6) is 11.5 Å². The van der Waals surface area contributed by atoms with Gasteiger partial charge in [0.2, 0.25) is 0 Å². The third kappa shape index (κ3) is 4.25. The van der Waals surface area contributed by atoms with Crippen molar-refractivity contribution in [2.45, 2.75) is 25.9 Å². The second-order valence-electron chi connectivity index (χ2n) is 5.52. The molecule has 0 aromatic heterocycles. The SMILES string of the molecule is CCCCOc1ccc(-c2ccc(OCC3CO3)cc2)cc1. The fraction of sp³-hybridized carbons (Fsp3) is 0.368. The van der Waals surface area contributed by atoms with Crippen molar-refractivity contribution in [3.63, 3.8) is 0 Å². The number of hydrogen-bond donors (Lipinski definition) is 0. The van der Waals surface area contributed by atoms with E-state index in [-0.39, 0.29) is 0 Å². The zero-order valence-corrected chi connectivity index (χ0v) is 13.0. The third-order valence-electron chi connectivity index (χ3n) is 3.65. The molecule has 1 fully saturated rings. The van der Waals surface area contributed by atoms with Gasteiger partial charge in [-0.3, -0.25) is 0 Å². The lowest BCUT2D eigenvalue weighted by Gasteiger charge is -2.08. The minimum absolute atomic E-state index is 0.292. The van der Waals surface area contributed by atoms with Crippen molar-refractivity contribution in [1.29, 1.82) is 0 Å². The molecule has 22 heavy (non-hydrogen) atoms. The van der Waals surface area contributed by atoms with Gasteiger partial charge in [-0.25, -0.2) is 0 Å². The maximum absolute atomic E-state index is 5.68. The van der Waals surface area contributed by atoms with Crippen LogP contribution in [-0.2, 0) is 4.74 Å². The highest BCUT2D eigenvalue weighted by Gasteiger charge is 2.22. The summed E-state index contributed by atoms with van der Waals surface area (Å²) in [6, 6.07) is 16.4. The van der Waals surface area contributed by atoms with E-state index in [0.29, 0.717) is 12.7 Å². The van der Waals surface area contributed by atoms with Gasteiger partial charge in [0, 0.05) is 0 Å². The average molecular weight is 298 g/mol. The van der Waals surface area contributed by atoms with Gasteiger partial charge < -0.3 is 14.2 Å². The lowest BCUT2D eigenvalue weighted by molar-refractivity contribution is 0.263. The van der Waals surface area contributed by atoms with Crippen molar-refractivity contribution in [3.05, 3.63) is 48.5 Å². The van der Waals surface area contributed by atoms with E-state index in [4.69, 9.17) is 14.2 Å². The molecular formula is C19H22O3. The van der Waals surface area contributed by atoms with Crippen LogP contribution >= 0.6 is 0 Å². The quantitative estimate of drug-likeness (QED) is 0.537. The molecule has 3 nitrogen and oxygen atoms in total. The predicted molar refractivity (Wildman–Crippen MR) is 87.5 cm³/mol. The standard InChI is InChI=1S/C19H22O3/c1-2-3-12-20-17-8-4-15(5-9-17)16-6-10-18(11-7-16)21-13-19-14-22-19/h4-11,19H,2-3,12-14H2,1H3. The van der Waals surface area contributed by atoms with Gasteiger partial charge in [0.05, 0.1) is 13.2 Å². The molecule has 2 aromatic carbocycles. The van der Waals surface area contributed by atoms with Crippen LogP contribution in [0.4, 0.5) is 0 Å². The Bertz CT molecular complexity index is 571. The van der Waals surface area contributed by atoms with Crippen LogP contribution < -0.4 is 9.47 Å². The van der Waals surface area contributed by atoms with Crippen LogP contribution in [0.25, 0.3) is 11.1 Å². The molecule has 1 heterocycles. The molecule has 1 atom stereocenters. The molecule has 0 saturated carbocycles. The summed E-state index contributed by atoms with van der Waals surface area (Å²) < 4.78 is 16.5. The summed E-state index contributed by atoms with van der Waals surface area (Å²) in [6.07, 6.45) is 2.54. The molecule has 116 valence electrons. The first kappa shape index (κ1) is 14.9. The average Bonchev–Trinajstić information content (AvgIpc) is 3.39. The van der Waals surface area contributed by atoms with E-state index in [1.165, 1.54) is 11.1 Å². The molecule has 1 saturated heterocycles. The van der Waals surface area contributed by atoms with Gasteiger partial charge >= 0.3 is 0 Å². The molecule has 1 aliphatic heterocycles. The van der Waals surface area contributed by atoms with E-state index in [0.717, 1.165) is 37.6 Å². The Morgan fingerprint density at radius 2 is 1.45 bits per heavy atom. The molecule has 0 aliphatic carbocycles. The lowest BCUT2D eigenvalue weighted by Crippen LogP contribution is -2.03. The molecule has 0 bridgehead atoms. The van der Waals surface area contributed by atoms with Gasteiger partial charge in [0.25, 0.3) is 0 Å². The summed E-state index contributed by atoms with van der Waals surface area (Å²) in [5, 5.41) is 0. The number of benzene rings is 2. The van der Waals surface area contributed by atoms with Crippen molar-refractivity contribution >= 4 is 0 Å². The van der Waals surface area contributed by atoms with Crippen molar-refractivity contribution in [2.24, 2.45) is 0 Å². The Kier molecular flexibility index (Phi) is 4.96. The smallest absolute Gasteiger partial charge is 0.119 e. The first-order valence-corrected chi connectivity index (χ1v) is 7.93. The normalized spacial score (nSPS) is 16.3. The minimum atomic E-state index is 0.292. The molecule has 0 amide bonds. The maximum atomic E-state index is 5.68. The largest absolute Gasteiger partial charge is 0.494 e. The van der Waals surface area contributed by atoms with Crippen molar-refractivity contribution in [2.75, 3.05) is 19.8 Å². The van der Waals surface area contributed by atoms with E-state index in [9.17, 15) is 0 Å². The van der Waals surface area contributed by atoms with Crippen molar-refractivity contribution in [3.8, 4) is 22.6 Å². The topological polar surface area (TPSA) is 31.0 Å². The molecule has 3 heteroatoms. The van der Waals surface area contributed by atoms with Gasteiger partial charge in [-0.1, -0.05) is 37.6 Å². The van der Waals surface area contributed by atoms with Gasteiger partial charge in [-0.05, 0) is 41.8 Å². The summed E-state index contributed by atoms with van der Waals surface area (Å²) in [5.41, 5.74) is 2.36. The van der Waals surface area contributed by atoms with Crippen LogP contribution in [0.1, 0.15) is 19.8 Å². The Morgan fingerprint density at radius 3 is 1.95 bits per heavy atom. The van der Waals surface area contributed by atoms with Crippen LogP contribution in [0.2, 0.25) is 0 Å². The zero-order chi connectivity index (χ0) is 15.2. The minimum Gasteiger partial charge on any atom is -0.494 e. The summed E-state index contributed by atoms with van der Waals surface area (Å²) in [6.45, 7) is 4.41.